The van der Waals surface area contributed by atoms with E-state index in [1.54, 1.807) is 12.1 Å². The SMILES string of the molecule is CC1CCCN(C(=O)c2cccc(F)c2)C1. The number of benzene rings is 1. The molecule has 1 atom stereocenters. The molecule has 0 radical (unpaired) electrons. The van der Waals surface area contributed by atoms with Gasteiger partial charge in [-0.2, -0.15) is 0 Å². The van der Waals surface area contributed by atoms with E-state index in [9.17, 15) is 9.18 Å². The van der Waals surface area contributed by atoms with Crippen LogP contribution in [0.1, 0.15) is 30.1 Å². The molecule has 0 aromatic heterocycles. The van der Waals surface area contributed by atoms with E-state index in [1.807, 2.05) is 4.90 Å². The molecule has 1 saturated heterocycles. The first-order valence-corrected chi connectivity index (χ1v) is 5.71. The number of likely N-dealkylation sites (tertiary alicyclic amines) is 1. The molecule has 86 valence electrons. The summed E-state index contributed by atoms with van der Waals surface area (Å²) in [5, 5.41) is 0. The second-order valence-corrected chi connectivity index (χ2v) is 4.51. The number of amides is 1. The van der Waals surface area contributed by atoms with Crippen molar-refractivity contribution in [3.8, 4) is 0 Å². The van der Waals surface area contributed by atoms with Crippen molar-refractivity contribution in [2.24, 2.45) is 5.92 Å². The maximum Gasteiger partial charge on any atom is 0.253 e. The predicted molar refractivity (Wildman–Crippen MR) is 60.7 cm³/mol. The zero-order valence-electron chi connectivity index (χ0n) is 9.45. The lowest BCUT2D eigenvalue weighted by Crippen LogP contribution is -2.39. The lowest BCUT2D eigenvalue weighted by atomic mass is 9.99. The van der Waals surface area contributed by atoms with Crippen LogP contribution in [-0.4, -0.2) is 23.9 Å². The van der Waals surface area contributed by atoms with Crippen LogP contribution in [0.4, 0.5) is 4.39 Å². The molecule has 0 saturated carbocycles. The van der Waals surface area contributed by atoms with Gasteiger partial charge in [-0.1, -0.05) is 13.0 Å². The minimum absolute atomic E-state index is 0.0500. The number of halogens is 1. The van der Waals surface area contributed by atoms with Crippen LogP contribution in [0.25, 0.3) is 0 Å². The van der Waals surface area contributed by atoms with E-state index in [1.165, 1.54) is 18.6 Å². The molecule has 16 heavy (non-hydrogen) atoms. The Morgan fingerprint density at radius 3 is 3.00 bits per heavy atom. The van der Waals surface area contributed by atoms with Crippen molar-refractivity contribution < 1.29 is 9.18 Å². The lowest BCUT2D eigenvalue weighted by molar-refractivity contribution is 0.0682. The highest BCUT2D eigenvalue weighted by atomic mass is 19.1. The van der Waals surface area contributed by atoms with Gasteiger partial charge in [-0.05, 0) is 37.0 Å². The number of hydrogen-bond acceptors (Lipinski definition) is 1. The van der Waals surface area contributed by atoms with Crippen molar-refractivity contribution in [1.82, 2.24) is 4.90 Å². The van der Waals surface area contributed by atoms with Crippen LogP contribution in [-0.2, 0) is 0 Å². The number of carbonyl (C=O) groups is 1. The summed E-state index contributed by atoms with van der Waals surface area (Å²) >= 11 is 0. The van der Waals surface area contributed by atoms with Gasteiger partial charge in [0.1, 0.15) is 5.82 Å². The molecule has 1 aliphatic heterocycles. The summed E-state index contributed by atoms with van der Waals surface area (Å²) in [6.07, 6.45) is 2.22. The predicted octanol–water partition coefficient (Wildman–Crippen LogP) is 2.70. The van der Waals surface area contributed by atoms with E-state index in [0.717, 1.165) is 19.5 Å². The average Bonchev–Trinajstić information content (AvgIpc) is 2.28. The highest BCUT2D eigenvalue weighted by Crippen LogP contribution is 2.18. The average molecular weight is 221 g/mol. The fraction of sp³-hybridized carbons (Fsp3) is 0.462. The fourth-order valence-corrected chi connectivity index (χ4v) is 2.18. The van der Waals surface area contributed by atoms with Crippen LogP contribution in [0.3, 0.4) is 0 Å². The van der Waals surface area contributed by atoms with Crippen LogP contribution < -0.4 is 0 Å². The van der Waals surface area contributed by atoms with E-state index >= 15 is 0 Å². The van der Waals surface area contributed by atoms with E-state index in [4.69, 9.17) is 0 Å². The first-order chi connectivity index (χ1) is 7.66. The quantitative estimate of drug-likeness (QED) is 0.714. The summed E-state index contributed by atoms with van der Waals surface area (Å²) < 4.78 is 13.0. The van der Waals surface area contributed by atoms with E-state index in [-0.39, 0.29) is 11.7 Å². The van der Waals surface area contributed by atoms with Crippen molar-refractivity contribution in [3.63, 3.8) is 0 Å². The van der Waals surface area contributed by atoms with Gasteiger partial charge in [0.2, 0.25) is 0 Å². The first kappa shape index (κ1) is 11.1. The number of rotatable bonds is 1. The molecule has 1 aliphatic rings. The second kappa shape index (κ2) is 4.64. The summed E-state index contributed by atoms with van der Waals surface area (Å²) in [5.74, 6) is 0.146. The molecule has 0 bridgehead atoms. The largest absolute Gasteiger partial charge is 0.338 e. The number of hydrogen-bond donors (Lipinski definition) is 0. The van der Waals surface area contributed by atoms with Crippen molar-refractivity contribution >= 4 is 5.91 Å². The Hall–Kier alpha value is -1.38. The standard InChI is InChI=1S/C13H16FNO/c1-10-4-3-7-15(9-10)13(16)11-5-2-6-12(14)8-11/h2,5-6,8,10H,3-4,7,9H2,1H3. The van der Waals surface area contributed by atoms with Gasteiger partial charge in [-0.3, -0.25) is 4.79 Å². The Labute approximate surface area is 95.1 Å². The molecule has 0 aliphatic carbocycles. The summed E-state index contributed by atoms with van der Waals surface area (Å²) in [6, 6.07) is 5.91. The number of piperidine rings is 1. The van der Waals surface area contributed by atoms with Crippen molar-refractivity contribution in [3.05, 3.63) is 35.6 Å². The Kier molecular flexibility index (Phi) is 3.22. The maximum atomic E-state index is 13.0. The smallest absolute Gasteiger partial charge is 0.253 e. The summed E-state index contributed by atoms with van der Waals surface area (Å²) in [6.45, 7) is 3.72. The normalized spacial score (nSPS) is 20.9. The second-order valence-electron chi connectivity index (χ2n) is 4.51. The zero-order valence-corrected chi connectivity index (χ0v) is 9.45. The Morgan fingerprint density at radius 1 is 1.50 bits per heavy atom. The molecule has 3 heteroatoms. The third-order valence-electron chi connectivity index (χ3n) is 3.02. The third-order valence-corrected chi connectivity index (χ3v) is 3.02. The van der Waals surface area contributed by atoms with Crippen molar-refractivity contribution in [2.75, 3.05) is 13.1 Å². The fourth-order valence-electron chi connectivity index (χ4n) is 2.18. The van der Waals surface area contributed by atoms with Crippen LogP contribution in [0.15, 0.2) is 24.3 Å². The van der Waals surface area contributed by atoms with Gasteiger partial charge in [-0.25, -0.2) is 4.39 Å². The summed E-state index contributed by atoms with van der Waals surface area (Å²) in [4.78, 5) is 13.9. The molecule has 1 amide bonds. The third kappa shape index (κ3) is 2.40. The van der Waals surface area contributed by atoms with Gasteiger partial charge in [0.05, 0.1) is 0 Å². The molecule has 0 N–H and O–H groups in total. The molecule has 0 spiro atoms. The molecular formula is C13H16FNO. The highest BCUT2D eigenvalue weighted by molar-refractivity contribution is 5.94. The molecule has 2 rings (SSSR count). The monoisotopic (exact) mass is 221 g/mol. The lowest BCUT2D eigenvalue weighted by Gasteiger charge is -2.31. The van der Waals surface area contributed by atoms with E-state index in [0.29, 0.717) is 11.5 Å². The van der Waals surface area contributed by atoms with E-state index < -0.39 is 0 Å². The minimum atomic E-state index is -0.351. The van der Waals surface area contributed by atoms with Gasteiger partial charge >= 0.3 is 0 Å². The molecule has 1 heterocycles. The zero-order chi connectivity index (χ0) is 11.5. The topological polar surface area (TPSA) is 20.3 Å². The number of carbonyl (C=O) groups excluding carboxylic acids is 1. The molecule has 2 nitrogen and oxygen atoms in total. The molecule has 1 unspecified atom stereocenters. The highest BCUT2D eigenvalue weighted by Gasteiger charge is 2.21. The van der Waals surface area contributed by atoms with Gasteiger partial charge in [-0.15, -0.1) is 0 Å². The van der Waals surface area contributed by atoms with Gasteiger partial charge in [0, 0.05) is 18.7 Å². The Bertz CT molecular complexity index is 391. The van der Waals surface area contributed by atoms with Crippen LogP contribution in [0.2, 0.25) is 0 Å². The van der Waals surface area contributed by atoms with Gasteiger partial charge in [0.15, 0.2) is 0 Å². The Balaban J connectivity index is 2.12. The summed E-state index contributed by atoms with van der Waals surface area (Å²) in [5.41, 5.74) is 0.453. The van der Waals surface area contributed by atoms with Gasteiger partial charge < -0.3 is 4.90 Å². The molecular weight excluding hydrogens is 205 g/mol. The maximum absolute atomic E-state index is 13.0. The van der Waals surface area contributed by atoms with Crippen LogP contribution in [0, 0.1) is 11.7 Å². The van der Waals surface area contributed by atoms with Crippen molar-refractivity contribution in [1.29, 1.82) is 0 Å². The van der Waals surface area contributed by atoms with Crippen molar-refractivity contribution in [2.45, 2.75) is 19.8 Å². The van der Waals surface area contributed by atoms with Crippen LogP contribution >= 0.6 is 0 Å². The summed E-state index contributed by atoms with van der Waals surface area (Å²) in [7, 11) is 0. The van der Waals surface area contributed by atoms with Crippen LogP contribution in [0.5, 0.6) is 0 Å². The first-order valence-electron chi connectivity index (χ1n) is 5.71. The van der Waals surface area contributed by atoms with E-state index in [2.05, 4.69) is 6.92 Å². The van der Waals surface area contributed by atoms with Gasteiger partial charge in [0.25, 0.3) is 5.91 Å². The molecule has 1 aromatic rings. The minimum Gasteiger partial charge on any atom is -0.338 e. The molecule has 1 aromatic carbocycles. The Morgan fingerprint density at radius 2 is 2.31 bits per heavy atom. The number of nitrogens with zero attached hydrogens (tertiary/aromatic N) is 1. The molecule has 1 fully saturated rings.